The van der Waals surface area contributed by atoms with Gasteiger partial charge in [0.25, 0.3) is 0 Å². The summed E-state index contributed by atoms with van der Waals surface area (Å²) in [6.07, 6.45) is 1.61. The largest absolute Gasteiger partial charge is 0.383 e. The second-order valence-electron chi connectivity index (χ2n) is 3.82. The van der Waals surface area contributed by atoms with Crippen LogP contribution in [0.15, 0.2) is 23.5 Å². The summed E-state index contributed by atoms with van der Waals surface area (Å²) >= 11 is 1.28. The minimum Gasteiger partial charge on any atom is -0.383 e. The van der Waals surface area contributed by atoms with Crippen molar-refractivity contribution in [3.8, 4) is 0 Å². The molecule has 0 aliphatic carbocycles. The normalized spacial score (nSPS) is 10.4. The Hall–Kier alpha value is -2.09. The summed E-state index contributed by atoms with van der Waals surface area (Å²) in [4.78, 5) is 19.7. The fraction of sp³-hybridized carbons (Fsp3) is 0.273. The number of pyridine rings is 1. The number of hydrogen-bond donors (Lipinski definition) is 3. The molecule has 0 radical (unpaired) electrons. The number of nitrogens with zero attached hydrogens (tertiary/aromatic N) is 3. The Balaban J connectivity index is 1.77. The zero-order chi connectivity index (χ0) is 13.7. The number of thioether (sulfide) groups is 1. The molecule has 0 atom stereocenters. The van der Waals surface area contributed by atoms with Crippen molar-refractivity contribution in [2.45, 2.75) is 18.6 Å². The predicted molar refractivity (Wildman–Crippen MR) is 72.3 cm³/mol. The number of anilines is 1. The van der Waals surface area contributed by atoms with Gasteiger partial charge in [0.05, 0.1) is 5.75 Å². The Labute approximate surface area is 114 Å². The molecule has 0 aliphatic heterocycles. The lowest BCUT2D eigenvalue weighted by Gasteiger charge is -2.05. The number of carbonyl (C=O) groups is 1. The molecule has 0 aromatic carbocycles. The zero-order valence-electron chi connectivity index (χ0n) is 10.4. The Bertz CT molecular complexity index is 570. The Morgan fingerprint density at radius 2 is 2.42 bits per heavy atom. The molecule has 4 N–H and O–H groups in total. The maximum atomic E-state index is 11.6. The molecule has 2 aromatic rings. The van der Waals surface area contributed by atoms with Crippen molar-refractivity contribution in [1.82, 2.24) is 25.5 Å². The third-order valence-corrected chi connectivity index (χ3v) is 3.16. The van der Waals surface area contributed by atoms with Crippen molar-refractivity contribution >= 4 is 23.5 Å². The first-order valence-corrected chi connectivity index (χ1v) is 6.61. The standard InChI is InChI=1S/C11H14N6OS/c1-7-15-11(17-16-7)19-6-9(18)14-5-8-3-2-4-13-10(8)12/h2-4H,5-6H2,1H3,(H2,12,13)(H,14,18)(H,15,16,17). The summed E-state index contributed by atoms with van der Waals surface area (Å²) in [5.74, 6) is 1.32. The van der Waals surface area contributed by atoms with E-state index < -0.39 is 0 Å². The van der Waals surface area contributed by atoms with Crippen molar-refractivity contribution in [3.63, 3.8) is 0 Å². The Morgan fingerprint density at radius 3 is 3.11 bits per heavy atom. The smallest absolute Gasteiger partial charge is 0.230 e. The van der Waals surface area contributed by atoms with Gasteiger partial charge in [-0.25, -0.2) is 9.97 Å². The SMILES string of the molecule is Cc1nc(SCC(=O)NCc2cccnc2N)n[nH]1. The van der Waals surface area contributed by atoms with Crippen LogP contribution in [0.5, 0.6) is 0 Å². The first-order valence-electron chi connectivity index (χ1n) is 5.63. The van der Waals surface area contributed by atoms with Gasteiger partial charge in [-0.15, -0.1) is 5.10 Å². The number of nitrogens with two attached hydrogens (primary N) is 1. The molecule has 2 aromatic heterocycles. The van der Waals surface area contributed by atoms with E-state index in [1.54, 1.807) is 12.3 Å². The van der Waals surface area contributed by atoms with E-state index in [1.165, 1.54) is 11.8 Å². The molecule has 2 rings (SSSR count). The lowest BCUT2D eigenvalue weighted by molar-refractivity contribution is -0.118. The second-order valence-corrected chi connectivity index (χ2v) is 4.76. The highest BCUT2D eigenvalue weighted by Crippen LogP contribution is 2.11. The van der Waals surface area contributed by atoms with Crippen LogP contribution in [-0.4, -0.2) is 31.8 Å². The number of carbonyl (C=O) groups excluding carboxylic acids is 1. The fourth-order valence-electron chi connectivity index (χ4n) is 1.36. The van der Waals surface area contributed by atoms with E-state index in [2.05, 4.69) is 25.5 Å². The zero-order valence-corrected chi connectivity index (χ0v) is 11.2. The molecule has 0 bridgehead atoms. The molecule has 0 unspecified atom stereocenters. The molecule has 7 nitrogen and oxygen atoms in total. The lowest BCUT2D eigenvalue weighted by atomic mass is 10.2. The Kier molecular flexibility index (Phi) is 4.35. The average Bonchev–Trinajstić information content (AvgIpc) is 2.81. The molecule has 0 spiro atoms. The molecule has 8 heteroatoms. The quantitative estimate of drug-likeness (QED) is 0.687. The van der Waals surface area contributed by atoms with E-state index in [1.807, 2.05) is 13.0 Å². The highest BCUT2D eigenvalue weighted by molar-refractivity contribution is 7.99. The number of aromatic amines is 1. The second kappa shape index (κ2) is 6.19. The van der Waals surface area contributed by atoms with Gasteiger partial charge in [-0.3, -0.25) is 9.89 Å². The van der Waals surface area contributed by atoms with Crippen molar-refractivity contribution in [2.24, 2.45) is 0 Å². The van der Waals surface area contributed by atoms with Crippen LogP contribution < -0.4 is 11.1 Å². The van der Waals surface area contributed by atoms with Gasteiger partial charge in [-0.2, -0.15) is 0 Å². The van der Waals surface area contributed by atoms with Crippen molar-refractivity contribution in [2.75, 3.05) is 11.5 Å². The molecule has 0 saturated heterocycles. The molecule has 100 valence electrons. The van der Waals surface area contributed by atoms with Crippen LogP contribution in [0, 0.1) is 6.92 Å². The summed E-state index contributed by atoms with van der Waals surface area (Å²) in [5.41, 5.74) is 6.48. The topological polar surface area (TPSA) is 110 Å². The van der Waals surface area contributed by atoms with Crippen molar-refractivity contribution < 1.29 is 4.79 Å². The number of aryl methyl sites for hydroxylation is 1. The number of nitrogen functional groups attached to an aromatic ring is 1. The number of aromatic nitrogens is 4. The van der Waals surface area contributed by atoms with Gasteiger partial charge in [0.1, 0.15) is 11.6 Å². The van der Waals surface area contributed by atoms with Gasteiger partial charge >= 0.3 is 0 Å². The van der Waals surface area contributed by atoms with Gasteiger partial charge in [0, 0.05) is 18.3 Å². The number of nitrogens with one attached hydrogen (secondary N) is 2. The first kappa shape index (κ1) is 13.3. The van der Waals surface area contributed by atoms with Crippen molar-refractivity contribution in [3.05, 3.63) is 29.7 Å². The number of amides is 1. The monoisotopic (exact) mass is 278 g/mol. The van der Waals surface area contributed by atoms with Gasteiger partial charge in [-0.1, -0.05) is 17.8 Å². The lowest BCUT2D eigenvalue weighted by Crippen LogP contribution is -2.25. The average molecular weight is 278 g/mol. The fourth-order valence-corrected chi connectivity index (χ4v) is 2.04. The third kappa shape index (κ3) is 3.95. The molecular formula is C11H14N6OS. The minimum atomic E-state index is -0.101. The summed E-state index contributed by atoms with van der Waals surface area (Å²) in [6, 6.07) is 3.61. The number of hydrogen-bond acceptors (Lipinski definition) is 6. The Morgan fingerprint density at radius 1 is 1.58 bits per heavy atom. The minimum absolute atomic E-state index is 0.101. The van der Waals surface area contributed by atoms with Crippen LogP contribution in [-0.2, 0) is 11.3 Å². The van der Waals surface area contributed by atoms with E-state index in [0.29, 0.717) is 17.5 Å². The first-order chi connectivity index (χ1) is 9.15. The van der Waals surface area contributed by atoms with Crippen LogP contribution in [0.2, 0.25) is 0 Å². The molecule has 0 aliphatic rings. The molecule has 19 heavy (non-hydrogen) atoms. The summed E-state index contributed by atoms with van der Waals surface area (Å²) in [7, 11) is 0. The highest BCUT2D eigenvalue weighted by atomic mass is 32.2. The number of H-pyrrole nitrogens is 1. The maximum absolute atomic E-state index is 11.6. The highest BCUT2D eigenvalue weighted by Gasteiger charge is 2.07. The van der Waals surface area contributed by atoms with Crippen LogP contribution in [0.25, 0.3) is 0 Å². The molecule has 1 amide bonds. The van der Waals surface area contributed by atoms with Crippen LogP contribution in [0.1, 0.15) is 11.4 Å². The van der Waals surface area contributed by atoms with Gasteiger partial charge < -0.3 is 11.1 Å². The molecular weight excluding hydrogens is 264 g/mol. The van der Waals surface area contributed by atoms with Gasteiger partial charge in [0.2, 0.25) is 11.1 Å². The number of rotatable bonds is 5. The molecule has 2 heterocycles. The van der Waals surface area contributed by atoms with E-state index in [4.69, 9.17) is 5.73 Å². The molecule has 0 fully saturated rings. The summed E-state index contributed by atoms with van der Waals surface area (Å²) in [6.45, 7) is 2.17. The van der Waals surface area contributed by atoms with Crippen molar-refractivity contribution in [1.29, 1.82) is 0 Å². The maximum Gasteiger partial charge on any atom is 0.230 e. The molecule has 0 saturated carbocycles. The summed E-state index contributed by atoms with van der Waals surface area (Å²) < 4.78 is 0. The van der Waals surface area contributed by atoms with E-state index in [0.717, 1.165) is 11.4 Å². The van der Waals surface area contributed by atoms with Crippen LogP contribution >= 0.6 is 11.8 Å². The summed E-state index contributed by atoms with van der Waals surface area (Å²) in [5, 5.41) is 9.99. The van der Waals surface area contributed by atoms with Gasteiger partial charge in [-0.05, 0) is 13.0 Å². The van der Waals surface area contributed by atoms with Crippen LogP contribution in [0.4, 0.5) is 5.82 Å². The van der Waals surface area contributed by atoms with Gasteiger partial charge in [0.15, 0.2) is 0 Å². The van der Waals surface area contributed by atoms with Crippen LogP contribution in [0.3, 0.4) is 0 Å². The van der Waals surface area contributed by atoms with E-state index in [-0.39, 0.29) is 11.7 Å². The van der Waals surface area contributed by atoms with E-state index >= 15 is 0 Å². The predicted octanol–water partition coefficient (Wildman–Crippen LogP) is 0.499. The van der Waals surface area contributed by atoms with E-state index in [9.17, 15) is 4.79 Å². The third-order valence-electron chi connectivity index (χ3n) is 2.31.